The lowest BCUT2D eigenvalue weighted by atomic mass is 10.2. The molecule has 0 atom stereocenters. The molecule has 26 heavy (non-hydrogen) atoms. The molecule has 3 rings (SSSR count). The van der Waals surface area contributed by atoms with Gasteiger partial charge in [0.05, 0.1) is 17.4 Å². The van der Waals surface area contributed by atoms with Crippen molar-refractivity contribution >= 4 is 23.2 Å². The van der Waals surface area contributed by atoms with Crippen molar-refractivity contribution in [3.8, 4) is 0 Å². The Morgan fingerprint density at radius 1 is 0.962 bits per heavy atom. The number of pyridine rings is 1. The van der Waals surface area contributed by atoms with Gasteiger partial charge in [0, 0.05) is 51.1 Å². The Labute approximate surface area is 149 Å². The first-order chi connectivity index (χ1) is 12.4. The number of piperazine rings is 1. The summed E-state index contributed by atoms with van der Waals surface area (Å²) in [7, 11) is 0. The molecule has 8 heteroatoms. The molecule has 1 saturated heterocycles. The standard InChI is InChI=1S/C18H18F2N4O2/c1-12(25)23-4-6-24(7-5-23)18(26)13-8-15(11-21-10-13)22-14-2-3-16(19)17(20)9-14/h2-3,8-11,22H,4-7H2,1H3. The van der Waals surface area contributed by atoms with Gasteiger partial charge in [-0.05, 0) is 18.2 Å². The highest BCUT2D eigenvalue weighted by atomic mass is 19.2. The van der Waals surface area contributed by atoms with Crippen molar-refractivity contribution in [2.24, 2.45) is 0 Å². The van der Waals surface area contributed by atoms with Crippen LogP contribution in [-0.4, -0.2) is 52.8 Å². The zero-order chi connectivity index (χ0) is 18.7. The number of hydrogen-bond acceptors (Lipinski definition) is 4. The van der Waals surface area contributed by atoms with Gasteiger partial charge in [0.25, 0.3) is 5.91 Å². The number of halogens is 2. The number of nitrogens with zero attached hydrogens (tertiary/aromatic N) is 3. The zero-order valence-corrected chi connectivity index (χ0v) is 14.2. The number of rotatable bonds is 3. The zero-order valence-electron chi connectivity index (χ0n) is 14.2. The fraction of sp³-hybridized carbons (Fsp3) is 0.278. The average Bonchev–Trinajstić information content (AvgIpc) is 2.64. The molecule has 1 N–H and O–H groups in total. The van der Waals surface area contributed by atoms with E-state index in [0.29, 0.717) is 43.1 Å². The quantitative estimate of drug-likeness (QED) is 0.913. The molecule has 0 saturated carbocycles. The highest BCUT2D eigenvalue weighted by Gasteiger charge is 2.23. The molecule has 0 unspecified atom stereocenters. The monoisotopic (exact) mass is 360 g/mol. The number of carbonyl (C=O) groups excluding carboxylic acids is 2. The van der Waals surface area contributed by atoms with E-state index in [0.717, 1.165) is 12.1 Å². The Kier molecular flexibility index (Phi) is 5.11. The van der Waals surface area contributed by atoms with Gasteiger partial charge in [0.1, 0.15) is 0 Å². The van der Waals surface area contributed by atoms with E-state index in [4.69, 9.17) is 0 Å². The molecule has 0 radical (unpaired) electrons. The van der Waals surface area contributed by atoms with Crippen LogP contribution in [-0.2, 0) is 4.79 Å². The number of anilines is 2. The summed E-state index contributed by atoms with van der Waals surface area (Å²) < 4.78 is 26.3. The fourth-order valence-electron chi connectivity index (χ4n) is 2.77. The van der Waals surface area contributed by atoms with Crippen molar-refractivity contribution in [2.45, 2.75) is 6.92 Å². The van der Waals surface area contributed by atoms with Crippen LogP contribution in [0.15, 0.2) is 36.7 Å². The number of carbonyl (C=O) groups is 2. The maximum atomic E-state index is 13.3. The number of amides is 2. The molecule has 0 aliphatic carbocycles. The largest absolute Gasteiger partial charge is 0.354 e. The SMILES string of the molecule is CC(=O)N1CCN(C(=O)c2cncc(Nc3ccc(F)c(F)c3)c2)CC1. The molecule has 6 nitrogen and oxygen atoms in total. The van der Waals surface area contributed by atoms with Crippen molar-refractivity contribution in [2.75, 3.05) is 31.5 Å². The van der Waals surface area contributed by atoms with Crippen LogP contribution in [0.3, 0.4) is 0 Å². The maximum Gasteiger partial charge on any atom is 0.255 e. The van der Waals surface area contributed by atoms with Crippen LogP contribution >= 0.6 is 0 Å². The number of hydrogen-bond donors (Lipinski definition) is 1. The van der Waals surface area contributed by atoms with Crippen LogP contribution in [0.2, 0.25) is 0 Å². The Balaban J connectivity index is 1.69. The minimum absolute atomic E-state index is 0.00325. The van der Waals surface area contributed by atoms with Crippen LogP contribution < -0.4 is 5.32 Å². The highest BCUT2D eigenvalue weighted by molar-refractivity contribution is 5.95. The summed E-state index contributed by atoms with van der Waals surface area (Å²) >= 11 is 0. The van der Waals surface area contributed by atoms with Gasteiger partial charge in [0.2, 0.25) is 5.91 Å². The average molecular weight is 360 g/mol. The normalized spacial score (nSPS) is 14.3. The van der Waals surface area contributed by atoms with E-state index in [1.165, 1.54) is 25.4 Å². The lowest BCUT2D eigenvalue weighted by molar-refractivity contribution is -0.130. The predicted molar refractivity (Wildman–Crippen MR) is 92.0 cm³/mol. The maximum absolute atomic E-state index is 13.3. The van der Waals surface area contributed by atoms with E-state index in [1.807, 2.05) is 0 Å². The van der Waals surface area contributed by atoms with Crippen LogP contribution in [0, 0.1) is 11.6 Å². The van der Waals surface area contributed by atoms with E-state index in [2.05, 4.69) is 10.3 Å². The summed E-state index contributed by atoms with van der Waals surface area (Å²) in [6.45, 7) is 3.43. The number of aromatic nitrogens is 1. The third-order valence-electron chi connectivity index (χ3n) is 4.21. The molecule has 2 aromatic rings. The van der Waals surface area contributed by atoms with Crippen LogP contribution in [0.1, 0.15) is 17.3 Å². The van der Waals surface area contributed by atoms with Gasteiger partial charge in [-0.3, -0.25) is 14.6 Å². The van der Waals surface area contributed by atoms with Crippen molar-refractivity contribution < 1.29 is 18.4 Å². The highest BCUT2D eigenvalue weighted by Crippen LogP contribution is 2.20. The second kappa shape index (κ2) is 7.47. The van der Waals surface area contributed by atoms with E-state index in [1.54, 1.807) is 15.9 Å². The van der Waals surface area contributed by atoms with Crippen LogP contribution in [0.5, 0.6) is 0 Å². The lowest BCUT2D eigenvalue weighted by Gasteiger charge is -2.34. The second-order valence-corrected chi connectivity index (χ2v) is 6.01. The third kappa shape index (κ3) is 3.96. The molecule has 1 aromatic heterocycles. The van der Waals surface area contributed by atoms with Gasteiger partial charge >= 0.3 is 0 Å². The Morgan fingerprint density at radius 2 is 1.65 bits per heavy atom. The summed E-state index contributed by atoms with van der Waals surface area (Å²) in [5.74, 6) is -2.08. The predicted octanol–water partition coefficient (Wildman–Crippen LogP) is 2.41. The molecular weight excluding hydrogens is 342 g/mol. The van der Waals surface area contributed by atoms with Gasteiger partial charge in [-0.15, -0.1) is 0 Å². The molecule has 2 heterocycles. The van der Waals surface area contributed by atoms with E-state index in [9.17, 15) is 18.4 Å². The summed E-state index contributed by atoms with van der Waals surface area (Å²) in [6, 6.07) is 5.06. The first-order valence-electron chi connectivity index (χ1n) is 8.16. The smallest absolute Gasteiger partial charge is 0.255 e. The number of nitrogens with one attached hydrogen (secondary N) is 1. The van der Waals surface area contributed by atoms with Crippen molar-refractivity contribution in [1.29, 1.82) is 0 Å². The summed E-state index contributed by atoms with van der Waals surface area (Å²) in [5.41, 5.74) is 1.23. The third-order valence-corrected chi connectivity index (χ3v) is 4.21. The fourth-order valence-corrected chi connectivity index (χ4v) is 2.77. The Morgan fingerprint density at radius 3 is 2.31 bits per heavy atom. The van der Waals surface area contributed by atoms with Gasteiger partial charge in [-0.2, -0.15) is 0 Å². The molecule has 0 bridgehead atoms. The Bertz CT molecular complexity index is 836. The lowest BCUT2D eigenvalue weighted by Crippen LogP contribution is -2.50. The van der Waals surface area contributed by atoms with E-state index < -0.39 is 11.6 Å². The van der Waals surface area contributed by atoms with E-state index in [-0.39, 0.29) is 11.8 Å². The van der Waals surface area contributed by atoms with Gasteiger partial charge in [-0.1, -0.05) is 0 Å². The number of benzene rings is 1. The van der Waals surface area contributed by atoms with Crippen molar-refractivity contribution in [3.63, 3.8) is 0 Å². The summed E-state index contributed by atoms with van der Waals surface area (Å²) in [6.07, 6.45) is 2.95. The molecule has 0 spiro atoms. The van der Waals surface area contributed by atoms with Crippen LogP contribution in [0.4, 0.5) is 20.2 Å². The second-order valence-electron chi connectivity index (χ2n) is 6.01. The molecule has 1 aliphatic rings. The molecule has 1 fully saturated rings. The molecule has 1 aliphatic heterocycles. The van der Waals surface area contributed by atoms with Crippen molar-refractivity contribution in [1.82, 2.24) is 14.8 Å². The summed E-state index contributed by atoms with van der Waals surface area (Å²) in [5, 5.41) is 2.90. The first-order valence-corrected chi connectivity index (χ1v) is 8.16. The van der Waals surface area contributed by atoms with Gasteiger partial charge in [-0.25, -0.2) is 8.78 Å². The van der Waals surface area contributed by atoms with E-state index >= 15 is 0 Å². The Hall–Kier alpha value is -3.03. The van der Waals surface area contributed by atoms with Crippen molar-refractivity contribution in [3.05, 3.63) is 53.9 Å². The molecular formula is C18H18F2N4O2. The molecule has 2 amide bonds. The molecule has 1 aromatic carbocycles. The minimum Gasteiger partial charge on any atom is -0.354 e. The summed E-state index contributed by atoms with van der Waals surface area (Å²) in [4.78, 5) is 31.4. The molecule has 136 valence electrons. The van der Waals surface area contributed by atoms with Gasteiger partial charge in [0.15, 0.2) is 11.6 Å². The minimum atomic E-state index is -0.960. The van der Waals surface area contributed by atoms with Crippen LogP contribution in [0.25, 0.3) is 0 Å². The topological polar surface area (TPSA) is 65.5 Å². The first kappa shape index (κ1) is 17.8. The van der Waals surface area contributed by atoms with Gasteiger partial charge < -0.3 is 15.1 Å².